The molecular formula is C10H18S7Sn. The Labute approximate surface area is 139 Å². The van der Waals surface area contributed by atoms with Crippen LogP contribution in [0.25, 0.3) is 0 Å². The summed E-state index contributed by atoms with van der Waals surface area (Å²) in [6.45, 7) is 0. The van der Waals surface area contributed by atoms with Crippen LogP contribution in [-0.4, -0.2) is 40.7 Å². The van der Waals surface area contributed by atoms with Gasteiger partial charge >= 0.3 is 141 Å². The van der Waals surface area contributed by atoms with Gasteiger partial charge < -0.3 is 0 Å². The Bertz CT molecular complexity index is 243. The van der Waals surface area contributed by atoms with Crippen LogP contribution >= 0.6 is 70.0 Å². The Morgan fingerprint density at radius 2 is 1.56 bits per heavy atom. The number of thioether (sulfide) groups is 2. The molecular weight excluding hydrogens is 463 g/mol. The molecule has 0 aromatic carbocycles. The summed E-state index contributed by atoms with van der Waals surface area (Å²) >= 11 is 2.44. The molecule has 3 rings (SSSR count). The summed E-state index contributed by atoms with van der Waals surface area (Å²) in [4.78, 5) is 0. The normalized spacial score (nSPS) is 41.3. The third-order valence-corrected chi connectivity index (χ3v) is 61.0. The zero-order valence-corrected chi connectivity index (χ0v) is 18.7. The Morgan fingerprint density at radius 1 is 0.889 bits per heavy atom. The van der Waals surface area contributed by atoms with Crippen LogP contribution in [0.4, 0.5) is 0 Å². The topological polar surface area (TPSA) is 0 Å². The summed E-state index contributed by atoms with van der Waals surface area (Å²) in [7, 11) is 11.7. The molecule has 0 N–H and O–H groups in total. The number of rotatable bonds is 4. The Morgan fingerprint density at radius 3 is 2.11 bits per heavy atom. The van der Waals surface area contributed by atoms with E-state index in [4.69, 9.17) is 0 Å². The van der Waals surface area contributed by atoms with Crippen LogP contribution in [0.3, 0.4) is 0 Å². The molecule has 0 aromatic rings. The second-order valence-electron chi connectivity index (χ2n) is 4.53. The molecule has 0 aliphatic carbocycles. The molecule has 3 fully saturated rings. The van der Waals surface area contributed by atoms with Crippen molar-refractivity contribution in [2.45, 2.75) is 39.3 Å². The average Bonchev–Trinajstić information content (AvgIpc) is 2.22. The van der Waals surface area contributed by atoms with Gasteiger partial charge in [-0.15, -0.1) is 0 Å². The second-order valence-corrected chi connectivity index (χ2v) is 46.0. The molecule has 3 saturated heterocycles. The molecule has 8 heteroatoms. The van der Waals surface area contributed by atoms with Gasteiger partial charge in [0.15, 0.2) is 0 Å². The van der Waals surface area contributed by atoms with Gasteiger partial charge in [0.2, 0.25) is 0 Å². The molecule has 0 spiro atoms. The molecule has 18 heavy (non-hydrogen) atoms. The van der Waals surface area contributed by atoms with Crippen molar-refractivity contribution in [1.29, 1.82) is 0 Å². The summed E-state index contributed by atoms with van der Waals surface area (Å²) in [5, 5.41) is 0. The van der Waals surface area contributed by atoms with Crippen molar-refractivity contribution >= 4 is 84.2 Å². The van der Waals surface area contributed by atoms with Crippen molar-refractivity contribution in [1.82, 2.24) is 0 Å². The fourth-order valence-electron chi connectivity index (χ4n) is 1.85. The molecule has 0 bridgehead atoms. The third kappa shape index (κ3) is 4.62. The minimum absolute atomic E-state index is 0.982. The first-order chi connectivity index (χ1) is 8.86. The van der Waals surface area contributed by atoms with E-state index in [2.05, 4.69) is 70.0 Å². The first kappa shape index (κ1) is 16.1. The van der Waals surface area contributed by atoms with E-state index in [0.29, 0.717) is 0 Å². The quantitative estimate of drug-likeness (QED) is 0.345. The molecule has 0 radical (unpaired) electrons. The third-order valence-electron chi connectivity index (χ3n) is 3.11. The molecule has 2 unspecified atom stereocenters. The predicted molar refractivity (Wildman–Crippen MR) is 104 cm³/mol. The van der Waals surface area contributed by atoms with Crippen molar-refractivity contribution in [3.63, 3.8) is 0 Å². The van der Waals surface area contributed by atoms with E-state index in [-0.39, 0.29) is 0 Å². The van der Waals surface area contributed by atoms with Gasteiger partial charge in [0, 0.05) is 0 Å². The van der Waals surface area contributed by atoms with Crippen molar-refractivity contribution in [3.8, 4) is 0 Å². The molecule has 3 aliphatic heterocycles. The first-order valence-electron chi connectivity index (χ1n) is 6.42. The standard InChI is InChI=1S/C4H9S3.2C3H6S2.Sn/c1-2-3-4-6-7-5;2*4-3-1-2-5-3;/h5H,1-4H2;2*3-4H,1-2H2;/q;;;+3/p-3. The van der Waals surface area contributed by atoms with Crippen LogP contribution in [0.15, 0.2) is 0 Å². The molecule has 3 heterocycles. The van der Waals surface area contributed by atoms with Crippen molar-refractivity contribution in [2.24, 2.45) is 0 Å². The maximum absolute atomic E-state index is 2.51. The van der Waals surface area contributed by atoms with Crippen LogP contribution < -0.4 is 0 Å². The van der Waals surface area contributed by atoms with Crippen molar-refractivity contribution in [3.05, 3.63) is 0 Å². The Kier molecular flexibility index (Phi) is 7.34. The second kappa shape index (κ2) is 8.20. The summed E-state index contributed by atoms with van der Waals surface area (Å²) in [5.74, 6) is 4.23. The fraction of sp³-hybridized carbons (Fsp3) is 1.00. The Balaban J connectivity index is 1.62. The molecule has 3 aliphatic rings. The van der Waals surface area contributed by atoms with E-state index in [0.717, 1.165) is 9.16 Å². The Hall–Kier alpha value is 3.25. The van der Waals surface area contributed by atoms with E-state index in [1.165, 1.54) is 42.9 Å². The van der Waals surface area contributed by atoms with E-state index in [1.54, 1.807) is 4.44 Å². The molecule has 0 saturated carbocycles. The van der Waals surface area contributed by atoms with Gasteiger partial charge in [0.25, 0.3) is 0 Å². The van der Waals surface area contributed by atoms with Crippen LogP contribution in [0.5, 0.6) is 0 Å². The van der Waals surface area contributed by atoms with Gasteiger partial charge in [-0.1, -0.05) is 0 Å². The monoisotopic (exact) mass is 482 g/mol. The molecule has 2 atom stereocenters. The van der Waals surface area contributed by atoms with Crippen LogP contribution in [-0.2, 0) is 0 Å². The zero-order valence-electron chi connectivity index (χ0n) is 10.2. The SMILES string of the molecule is C1C[CH2][Sn]([S]C2CCS2)([S]C2CCS2)[S]SSC1. The van der Waals surface area contributed by atoms with Gasteiger partial charge in [-0.25, -0.2) is 0 Å². The summed E-state index contributed by atoms with van der Waals surface area (Å²) < 4.78 is 3.59. The van der Waals surface area contributed by atoms with Crippen LogP contribution in [0.1, 0.15) is 25.7 Å². The number of hydrogen-bond acceptors (Lipinski definition) is 7. The maximum atomic E-state index is 2.51. The number of hydrogen-bond donors (Lipinski definition) is 0. The average molecular weight is 481 g/mol. The van der Waals surface area contributed by atoms with E-state index in [1.807, 2.05) is 0 Å². The van der Waals surface area contributed by atoms with E-state index < -0.39 is 14.2 Å². The fourth-order valence-corrected chi connectivity index (χ4v) is 82.3. The summed E-state index contributed by atoms with van der Waals surface area (Å²) in [5.41, 5.74) is 0. The summed E-state index contributed by atoms with van der Waals surface area (Å²) in [6, 6.07) is 0. The van der Waals surface area contributed by atoms with E-state index in [9.17, 15) is 0 Å². The predicted octanol–water partition coefficient (Wildman–Crippen LogP) is 6.14. The van der Waals surface area contributed by atoms with Crippen molar-refractivity contribution < 1.29 is 0 Å². The summed E-state index contributed by atoms with van der Waals surface area (Å²) in [6.07, 6.45) is 5.97. The van der Waals surface area contributed by atoms with Crippen LogP contribution in [0, 0.1) is 0 Å². The first-order valence-corrected chi connectivity index (χ1v) is 26.4. The van der Waals surface area contributed by atoms with Gasteiger partial charge in [-0.3, -0.25) is 0 Å². The molecule has 0 amide bonds. The molecule has 104 valence electrons. The molecule has 0 aromatic heterocycles. The van der Waals surface area contributed by atoms with Crippen LogP contribution in [0.2, 0.25) is 4.44 Å². The van der Waals surface area contributed by atoms with Gasteiger partial charge in [-0.2, -0.15) is 0 Å². The van der Waals surface area contributed by atoms with Gasteiger partial charge in [0.05, 0.1) is 0 Å². The minimum atomic E-state index is -2.02. The van der Waals surface area contributed by atoms with Gasteiger partial charge in [0.1, 0.15) is 0 Å². The zero-order chi connectivity index (χ0) is 12.3. The molecule has 0 nitrogen and oxygen atoms in total. The van der Waals surface area contributed by atoms with Crippen molar-refractivity contribution in [2.75, 3.05) is 17.3 Å². The van der Waals surface area contributed by atoms with Gasteiger partial charge in [-0.05, 0) is 0 Å². The van der Waals surface area contributed by atoms with E-state index >= 15 is 0 Å².